The lowest BCUT2D eigenvalue weighted by molar-refractivity contribution is -0.137. The van der Waals surface area contributed by atoms with Crippen LogP contribution >= 0.6 is 0 Å². The number of aryl methyl sites for hydroxylation is 2. The maximum Gasteiger partial charge on any atom is 0.416 e. The number of nitrogens with zero attached hydrogens (tertiary/aromatic N) is 4. The molecule has 0 fully saturated rings. The lowest BCUT2D eigenvalue weighted by atomic mass is 10.1. The number of carbonyl (C=O) groups excluding carboxylic acids is 1. The van der Waals surface area contributed by atoms with E-state index in [2.05, 4.69) is 20.3 Å². The molecule has 0 radical (unpaired) electrons. The van der Waals surface area contributed by atoms with Crippen molar-refractivity contribution in [2.45, 2.75) is 13.1 Å². The zero-order chi connectivity index (χ0) is 26.2. The first kappa shape index (κ1) is 24.0. The molecule has 0 aliphatic carbocycles. The summed E-state index contributed by atoms with van der Waals surface area (Å²) in [7, 11) is 1.84. The van der Waals surface area contributed by atoms with Crippen LogP contribution in [0.3, 0.4) is 0 Å². The smallest absolute Gasteiger partial charge is 0.416 e. The van der Waals surface area contributed by atoms with E-state index in [9.17, 15) is 18.0 Å². The van der Waals surface area contributed by atoms with Gasteiger partial charge in [-0.15, -0.1) is 0 Å². The number of halogens is 3. The number of ether oxygens (including phenoxy) is 1. The van der Waals surface area contributed by atoms with Crippen LogP contribution < -0.4 is 10.1 Å². The van der Waals surface area contributed by atoms with Crippen LogP contribution in [0.2, 0.25) is 0 Å². The van der Waals surface area contributed by atoms with Crippen molar-refractivity contribution in [1.29, 1.82) is 0 Å². The first-order valence-corrected chi connectivity index (χ1v) is 11.2. The zero-order valence-corrected chi connectivity index (χ0v) is 19.7. The highest BCUT2D eigenvalue weighted by molar-refractivity contribution is 6.04. The number of pyridine rings is 1. The van der Waals surface area contributed by atoms with E-state index >= 15 is 0 Å². The number of fused-ring (bicyclic) bond motifs is 1. The monoisotopic (exact) mass is 503 g/mol. The van der Waals surface area contributed by atoms with Gasteiger partial charge in [0.2, 0.25) is 5.88 Å². The lowest BCUT2D eigenvalue weighted by Gasteiger charge is -2.13. The Balaban J connectivity index is 1.47. The molecule has 0 saturated carbocycles. The lowest BCUT2D eigenvalue weighted by Crippen LogP contribution is -2.13. The van der Waals surface area contributed by atoms with Gasteiger partial charge in [-0.3, -0.25) is 9.78 Å². The van der Waals surface area contributed by atoms with Gasteiger partial charge in [0, 0.05) is 42.5 Å². The minimum atomic E-state index is -4.51. The fraction of sp³-hybridized carbons (Fsp3) is 0.111. The Kier molecular flexibility index (Phi) is 6.08. The quantitative estimate of drug-likeness (QED) is 0.300. The SMILES string of the molecule is Cc1ccc(C(=O)Nc2cccc(C(F)(F)F)c2)cc1Oc1nc(-c2ccncc2)nc2ccn(C)c12. The van der Waals surface area contributed by atoms with Crippen LogP contribution in [0.1, 0.15) is 21.5 Å². The molecular weight excluding hydrogens is 483 g/mol. The summed E-state index contributed by atoms with van der Waals surface area (Å²) in [5, 5.41) is 2.52. The van der Waals surface area contributed by atoms with Crippen LogP contribution in [0, 0.1) is 6.92 Å². The van der Waals surface area contributed by atoms with E-state index in [0.717, 1.165) is 23.3 Å². The number of anilines is 1. The minimum absolute atomic E-state index is 0.0335. The molecule has 186 valence electrons. The molecule has 37 heavy (non-hydrogen) atoms. The highest BCUT2D eigenvalue weighted by Crippen LogP contribution is 2.33. The Labute approximate surface area is 209 Å². The third-order valence-corrected chi connectivity index (χ3v) is 5.73. The van der Waals surface area contributed by atoms with Gasteiger partial charge < -0.3 is 14.6 Å². The average molecular weight is 503 g/mol. The van der Waals surface area contributed by atoms with Gasteiger partial charge in [0.15, 0.2) is 5.82 Å². The number of hydrogen-bond donors (Lipinski definition) is 1. The number of benzene rings is 2. The molecule has 7 nitrogen and oxygen atoms in total. The van der Waals surface area contributed by atoms with E-state index in [1.807, 2.05) is 30.8 Å². The maximum absolute atomic E-state index is 13.0. The molecule has 2 aromatic carbocycles. The summed E-state index contributed by atoms with van der Waals surface area (Å²) in [6.07, 6.45) is 0.616. The number of carbonyl (C=O) groups is 1. The highest BCUT2D eigenvalue weighted by Gasteiger charge is 2.30. The molecule has 3 aromatic heterocycles. The Hall–Kier alpha value is -4.73. The molecule has 10 heteroatoms. The summed E-state index contributed by atoms with van der Waals surface area (Å²) in [5.74, 6) is 0.543. The summed E-state index contributed by atoms with van der Waals surface area (Å²) in [5.41, 5.74) is 2.24. The molecule has 3 heterocycles. The van der Waals surface area contributed by atoms with E-state index < -0.39 is 17.6 Å². The number of aromatic nitrogens is 4. The van der Waals surface area contributed by atoms with Crippen molar-refractivity contribution in [2.24, 2.45) is 7.05 Å². The van der Waals surface area contributed by atoms with E-state index in [4.69, 9.17) is 4.74 Å². The molecule has 0 atom stereocenters. The Bertz CT molecular complexity index is 1610. The van der Waals surface area contributed by atoms with Gasteiger partial charge in [0.1, 0.15) is 11.3 Å². The van der Waals surface area contributed by atoms with Gasteiger partial charge in [-0.05, 0) is 61.0 Å². The Morgan fingerprint density at radius 1 is 1.00 bits per heavy atom. The van der Waals surface area contributed by atoms with Gasteiger partial charge in [0.25, 0.3) is 5.91 Å². The highest BCUT2D eigenvalue weighted by atomic mass is 19.4. The van der Waals surface area contributed by atoms with Crippen LogP contribution in [0.5, 0.6) is 11.6 Å². The average Bonchev–Trinajstić information content (AvgIpc) is 3.26. The molecule has 1 N–H and O–H groups in total. The zero-order valence-electron chi connectivity index (χ0n) is 19.7. The van der Waals surface area contributed by atoms with Crippen LogP contribution in [0.4, 0.5) is 18.9 Å². The predicted molar refractivity (Wildman–Crippen MR) is 132 cm³/mol. The van der Waals surface area contributed by atoms with Gasteiger partial charge in [-0.1, -0.05) is 12.1 Å². The van der Waals surface area contributed by atoms with E-state index in [0.29, 0.717) is 28.5 Å². The van der Waals surface area contributed by atoms with Gasteiger partial charge in [0.05, 0.1) is 11.1 Å². The molecule has 5 rings (SSSR count). The topological polar surface area (TPSA) is 81.9 Å². The number of alkyl halides is 3. The van der Waals surface area contributed by atoms with Crippen molar-refractivity contribution in [3.8, 4) is 23.0 Å². The number of hydrogen-bond acceptors (Lipinski definition) is 5. The molecule has 1 amide bonds. The minimum Gasteiger partial charge on any atom is -0.437 e. The summed E-state index contributed by atoms with van der Waals surface area (Å²) >= 11 is 0. The van der Waals surface area contributed by atoms with Gasteiger partial charge in [-0.2, -0.15) is 18.2 Å². The van der Waals surface area contributed by atoms with Crippen LogP contribution in [0.15, 0.2) is 79.3 Å². The molecule has 0 unspecified atom stereocenters. The van der Waals surface area contributed by atoms with Crippen molar-refractivity contribution < 1.29 is 22.7 Å². The summed E-state index contributed by atoms with van der Waals surface area (Å²) < 4.78 is 47.2. The summed E-state index contributed by atoms with van der Waals surface area (Å²) in [6, 6.07) is 14.7. The van der Waals surface area contributed by atoms with Crippen LogP contribution in [0.25, 0.3) is 22.4 Å². The first-order chi connectivity index (χ1) is 17.7. The largest absolute Gasteiger partial charge is 0.437 e. The fourth-order valence-electron chi connectivity index (χ4n) is 3.79. The second kappa shape index (κ2) is 9.38. The fourth-order valence-corrected chi connectivity index (χ4v) is 3.79. The van der Waals surface area contributed by atoms with Crippen molar-refractivity contribution in [2.75, 3.05) is 5.32 Å². The molecule has 0 saturated heterocycles. The number of amides is 1. The van der Waals surface area contributed by atoms with Crippen LogP contribution in [-0.4, -0.2) is 25.4 Å². The van der Waals surface area contributed by atoms with E-state index in [1.54, 1.807) is 36.7 Å². The summed E-state index contributed by atoms with van der Waals surface area (Å²) in [4.78, 5) is 26.1. The standard InChI is InChI=1S/C27H20F3N5O2/c1-16-6-7-18(25(36)32-20-5-3-4-19(15-20)27(28,29)30)14-22(16)37-26-23-21(10-13-35(23)2)33-24(34-26)17-8-11-31-12-9-17/h3-15H,1-2H3,(H,32,36). The number of nitrogens with one attached hydrogen (secondary N) is 1. The summed E-state index contributed by atoms with van der Waals surface area (Å²) in [6.45, 7) is 1.82. The third-order valence-electron chi connectivity index (χ3n) is 5.73. The second-order valence-electron chi connectivity index (χ2n) is 8.36. The van der Waals surface area contributed by atoms with E-state index in [-0.39, 0.29) is 11.3 Å². The molecule has 0 aliphatic rings. The van der Waals surface area contributed by atoms with Gasteiger partial charge >= 0.3 is 6.18 Å². The van der Waals surface area contributed by atoms with Crippen molar-refractivity contribution in [1.82, 2.24) is 19.5 Å². The van der Waals surface area contributed by atoms with Gasteiger partial charge in [-0.25, -0.2) is 4.98 Å². The Morgan fingerprint density at radius 2 is 1.78 bits per heavy atom. The molecule has 0 aliphatic heterocycles. The Morgan fingerprint density at radius 3 is 2.54 bits per heavy atom. The van der Waals surface area contributed by atoms with Crippen molar-refractivity contribution in [3.63, 3.8) is 0 Å². The maximum atomic E-state index is 13.0. The first-order valence-electron chi connectivity index (χ1n) is 11.2. The molecular formula is C27H20F3N5O2. The molecule has 5 aromatic rings. The molecule has 0 spiro atoms. The second-order valence-corrected chi connectivity index (χ2v) is 8.36. The van der Waals surface area contributed by atoms with Crippen molar-refractivity contribution >= 4 is 22.6 Å². The van der Waals surface area contributed by atoms with Crippen LogP contribution in [-0.2, 0) is 13.2 Å². The number of rotatable bonds is 5. The third kappa shape index (κ3) is 4.99. The van der Waals surface area contributed by atoms with Crippen molar-refractivity contribution in [3.05, 3.63) is 95.9 Å². The molecule has 0 bridgehead atoms. The predicted octanol–water partition coefficient (Wildman–Crippen LogP) is 6.40. The van der Waals surface area contributed by atoms with E-state index in [1.165, 1.54) is 18.2 Å². The normalized spacial score (nSPS) is 11.5.